The Bertz CT molecular complexity index is 1810. The highest BCUT2D eigenvalue weighted by molar-refractivity contribution is 7.84. The SMILES string of the molecule is C[C@@H]1C[C@H](NC(=O)OC(C)(C)C)CN(c2c(NC(=O)c3ccc(F)c(-c4c(F)cc(S(C)=O)cc4F)n3)cnc3c2CCC3CC(=O)O)C1. The Kier molecular flexibility index (Phi) is 10.3. The topological polar surface area (TPSA) is 151 Å². The van der Waals surface area contributed by atoms with Gasteiger partial charge in [0, 0.05) is 52.7 Å². The van der Waals surface area contributed by atoms with Crippen LogP contribution in [0.3, 0.4) is 0 Å². The van der Waals surface area contributed by atoms with Gasteiger partial charge in [0.05, 0.1) is 29.6 Å². The summed E-state index contributed by atoms with van der Waals surface area (Å²) in [7, 11) is -1.70. The second kappa shape index (κ2) is 14.1. The highest BCUT2D eigenvalue weighted by Crippen LogP contribution is 2.44. The van der Waals surface area contributed by atoms with Crippen LogP contribution in [0.15, 0.2) is 35.4 Å². The summed E-state index contributed by atoms with van der Waals surface area (Å²) in [6.07, 6.45) is 3.68. The fourth-order valence-electron chi connectivity index (χ4n) is 6.46. The normalized spacial score (nSPS) is 19.6. The van der Waals surface area contributed by atoms with E-state index in [-0.39, 0.29) is 40.6 Å². The zero-order valence-electron chi connectivity index (χ0n) is 27.7. The number of nitrogens with zero attached hydrogens (tertiary/aromatic N) is 3. The molecule has 2 aromatic heterocycles. The Labute approximate surface area is 284 Å². The molecule has 3 aromatic rings. The Balaban J connectivity index is 1.50. The number of ether oxygens (including phenoxy) is 1. The number of fused-ring (bicyclic) bond motifs is 1. The minimum atomic E-state index is -1.70. The number of carboxylic acids is 1. The fourth-order valence-corrected chi connectivity index (χ4v) is 7.00. The van der Waals surface area contributed by atoms with Crippen LogP contribution in [0, 0.1) is 23.4 Å². The molecule has 0 saturated carbocycles. The Morgan fingerprint density at radius 1 is 1.10 bits per heavy atom. The standard InChI is InChI=1S/C34H38F3N5O6S/c1-17-10-19(39-33(46)48-34(2,3)4)16-42(15-17)31-21-7-6-18(11-27(43)44)29(21)38-14-26(31)41-32(45)25-9-8-22(35)30(40-25)28-23(36)12-20(49(5)47)13-24(28)37/h8-9,12-14,17-19H,6-7,10-11,15-16H2,1-5H3,(H,39,46)(H,41,45)(H,43,44)/t17-,18?,19+,49?/m1/s1. The van der Waals surface area contributed by atoms with Gasteiger partial charge in [0.15, 0.2) is 0 Å². The van der Waals surface area contributed by atoms with E-state index < -0.39 is 63.1 Å². The van der Waals surface area contributed by atoms with Crippen molar-refractivity contribution in [2.24, 2.45) is 5.92 Å². The number of hydrogen-bond donors (Lipinski definition) is 3. The maximum Gasteiger partial charge on any atom is 0.407 e. The van der Waals surface area contributed by atoms with Gasteiger partial charge in [-0.25, -0.2) is 22.9 Å². The Morgan fingerprint density at radius 2 is 1.80 bits per heavy atom. The molecule has 49 heavy (non-hydrogen) atoms. The van der Waals surface area contributed by atoms with Crippen molar-refractivity contribution in [1.29, 1.82) is 0 Å². The van der Waals surface area contributed by atoms with Crippen molar-refractivity contribution in [2.75, 3.05) is 29.6 Å². The van der Waals surface area contributed by atoms with E-state index in [1.807, 2.05) is 11.8 Å². The summed E-state index contributed by atoms with van der Waals surface area (Å²) in [6.45, 7) is 8.22. The summed E-state index contributed by atoms with van der Waals surface area (Å²) < 4.78 is 62.1. The van der Waals surface area contributed by atoms with Gasteiger partial charge in [0.25, 0.3) is 5.91 Å². The van der Waals surface area contributed by atoms with Gasteiger partial charge in [-0.2, -0.15) is 0 Å². The van der Waals surface area contributed by atoms with E-state index in [0.717, 1.165) is 29.8 Å². The number of aromatic nitrogens is 2. The van der Waals surface area contributed by atoms with Crippen LogP contribution < -0.4 is 15.5 Å². The monoisotopic (exact) mass is 701 g/mol. The number of aliphatic carboxylic acids is 1. The lowest BCUT2D eigenvalue weighted by Crippen LogP contribution is -2.51. The number of carbonyl (C=O) groups is 3. The van der Waals surface area contributed by atoms with Crippen LogP contribution in [0.25, 0.3) is 11.3 Å². The summed E-state index contributed by atoms with van der Waals surface area (Å²) >= 11 is 0. The summed E-state index contributed by atoms with van der Waals surface area (Å²) in [4.78, 5) is 48.3. The molecule has 2 aliphatic rings. The maximum atomic E-state index is 15.0. The lowest BCUT2D eigenvalue weighted by Gasteiger charge is -2.40. The fraction of sp³-hybridized carbons (Fsp3) is 0.441. The number of carbonyl (C=O) groups excluding carboxylic acids is 2. The Hall–Kier alpha value is -4.53. The largest absolute Gasteiger partial charge is 0.481 e. The maximum absolute atomic E-state index is 15.0. The number of benzene rings is 1. The number of hydrogen-bond acceptors (Lipinski definition) is 8. The van der Waals surface area contributed by atoms with Crippen LogP contribution in [-0.2, 0) is 26.8 Å². The van der Waals surface area contributed by atoms with Crippen LogP contribution in [0.4, 0.5) is 29.3 Å². The third kappa shape index (κ3) is 8.20. The number of amides is 2. The van der Waals surface area contributed by atoms with Crippen molar-refractivity contribution < 1.29 is 41.6 Å². The summed E-state index contributed by atoms with van der Waals surface area (Å²) in [5.74, 6) is -5.47. The molecular formula is C34H38F3N5O6S. The van der Waals surface area contributed by atoms with E-state index in [1.54, 1.807) is 20.8 Å². The lowest BCUT2D eigenvalue weighted by atomic mass is 9.94. The zero-order chi connectivity index (χ0) is 35.8. The average Bonchev–Trinajstić information content (AvgIpc) is 3.37. The first-order chi connectivity index (χ1) is 23.0. The van der Waals surface area contributed by atoms with Gasteiger partial charge < -0.3 is 25.4 Å². The predicted octanol–water partition coefficient (Wildman–Crippen LogP) is 5.79. The van der Waals surface area contributed by atoms with Crippen LogP contribution in [0.1, 0.15) is 74.6 Å². The minimum absolute atomic E-state index is 0.0971. The van der Waals surface area contributed by atoms with Crippen molar-refractivity contribution in [1.82, 2.24) is 15.3 Å². The number of halogens is 3. The molecule has 15 heteroatoms. The van der Waals surface area contributed by atoms with Crippen molar-refractivity contribution in [3.05, 3.63) is 64.9 Å². The molecule has 5 rings (SSSR count). The summed E-state index contributed by atoms with van der Waals surface area (Å²) in [5, 5.41) is 15.2. The number of rotatable bonds is 8. The first kappa shape index (κ1) is 35.8. The molecular weight excluding hydrogens is 663 g/mol. The zero-order valence-corrected chi connectivity index (χ0v) is 28.6. The molecule has 0 spiro atoms. The van der Waals surface area contributed by atoms with Crippen LogP contribution >= 0.6 is 0 Å². The van der Waals surface area contributed by atoms with Crippen molar-refractivity contribution >= 4 is 40.1 Å². The number of nitrogens with one attached hydrogen (secondary N) is 2. The van der Waals surface area contributed by atoms with Gasteiger partial charge in [-0.3, -0.25) is 18.8 Å². The van der Waals surface area contributed by atoms with Crippen LogP contribution in [0.2, 0.25) is 0 Å². The highest BCUT2D eigenvalue weighted by atomic mass is 32.2. The summed E-state index contributed by atoms with van der Waals surface area (Å²) in [6, 6.07) is 3.29. The summed E-state index contributed by atoms with van der Waals surface area (Å²) in [5.41, 5.74) is -0.338. The van der Waals surface area contributed by atoms with Crippen molar-refractivity contribution in [3.8, 4) is 11.3 Å². The second-order valence-corrected chi connectivity index (χ2v) is 14.9. The van der Waals surface area contributed by atoms with E-state index in [9.17, 15) is 36.9 Å². The average molecular weight is 702 g/mol. The molecule has 4 atom stereocenters. The molecule has 1 saturated heterocycles. The third-order valence-corrected chi connectivity index (χ3v) is 9.24. The quantitative estimate of drug-likeness (QED) is 0.265. The van der Waals surface area contributed by atoms with Gasteiger partial charge >= 0.3 is 12.1 Å². The number of carboxylic acid groups (broad SMARTS) is 1. The van der Waals surface area contributed by atoms with E-state index in [4.69, 9.17) is 4.74 Å². The molecule has 1 aliphatic heterocycles. The molecule has 1 aliphatic carbocycles. The molecule has 0 bridgehead atoms. The molecule has 11 nitrogen and oxygen atoms in total. The van der Waals surface area contributed by atoms with E-state index >= 15 is 0 Å². The first-order valence-corrected chi connectivity index (χ1v) is 17.3. The van der Waals surface area contributed by atoms with Crippen LogP contribution in [0.5, 0.6) is 0 Å². The smallest absolute Gasteiger partial charge is 0.407 e. The molecule has 2 unspecified atom stereocenters. The molecule has 1 aromatic carbocycles. The molecule has 3 heterocycles. The van der Waals surface area contributed by atoms with Gasteiger partial charge in [-0.1, -0.05) is 6.92 Å². The molecule has 0 radical (unpaired) electrons. The molecule has 262 valence electrons. The highest BCUT2D eigenvalue weighted by Gasteiger charge is 2.35. The minimum Gasteiger partial charge on any atom is -0.481 e. The second-order valence-electron chi connectivity index (χ2n) is 13.5. The van der Waals surface area contributed by atoms with Crippen molar-refractivity contribution in [3.63, 3.8) is 0 Å². The molecule has 1 fully saturated rings. The predicted molar refractivity (Wildman–Crippen MR) is 177 cm³/mol. The first-order valence-electron chi connectivity index (χ1n) is 15.8. The molecule has 2 amide bonds. The number of pyridine rings is 2. The van der Waals surface area contributed by atoms with E-state index in [1.165, 1.54) is 12.5 Å². The van der Waals surface area contributed by atoms with Gasteiger partial charge in [0.2, 0.25) is 0 Å². The molecule has 3 N–H and O–H groups in total. The van der Waals surface area contributed by atoms with Gasteiger partial charge in [-0.15, -0.1) is 0 Å². The lowest BCUT2D eigenvalue weighted by molar-refractivity contribution is -0.137. The van der Waals surface area contributed by atoms with E-state index in [0.29, 0.717) is 43.7 Å². The third-order valence-electron chi connectivity index (χ3n) is 8.34. The number of alkyl carbamates (subject to hydrolysis) is 1. The van der Waals surface area contributed by atoms with E-state index in [2.05, 4.69) is 20.6 Å². The van der Waals surface area contributed by atoms with Gasteiger partial charge in [0.1, 0.15) is 34.4 Å². The number of anilines is 2. The Morgan fingerprint density at radius 3 is 2.43 bits per heavy atom. The van der Waals surface area contributed by atoms with Crippen LogP contribution in [-0.4, -0.2) is 68.2 Å². The number of piperidine rings is 1. The van der Waals surface area contributed by atoms with Gasteiger partial charge in [-0.05, 0) is 75.8 Å². The van der Waals surface area contributed by atoms with Crippen molar-refractivity contribution in [2.45, 2.75) is 75.8 Å².